The van der Waals surface area contributed by atoms with Crippen LogP contribution >= 0.6 is 0 Å². The molecule has 2 rings (SSSR count). The fraction of sp³-hybridized carbons (Fsp3) is 0.429. The molecule has 1 aliphatic heterocycles. The minimum absolute atomic E-state index is 0.0647. The number of carbonyl (C=O) groups is 2. The number of hydrogen-bond donors (Lipinski definition) is 2. The van der Waals surface area contributed by atoms with Crippen LogP contribution < -0.4 is 15.4 Å². The zero-order valence-corrected chi connectivity index (χ0v) is 12.0. The minimum Gasteiger partial charge on any atom is -0.497 e. The van der Waals surface area contributed by atoms with Crippen LogP contribution in [0.2, 0.25) is 0 Å². The van der Waals surface area contributed by atoms with E-state index < -0.39 is 35.6 Å². The van der Waals surface area contributed by atoms with Crippen molar-refractivity contribution in [2.24, 2.45) is 0 Å². The number of hydrogen-bond acceptors (Lipinski definition) is 3. The molecule has 1 aromatic carbocycles. The Balaban J connectivity index is 2.28. The number of ether oxygens (including phenoxy) is 1. The average Bonchev–Trinajstić information content (AvgIpc) is 2.79. The molecule has 1 heterocycles. The third-order valence-electron chi connectivity index (χ3n) is 3.38. The van der Waals surface area contributed by atoms with Crippen LogP contribution in [-0.2, 0) is 9.59 Å². The Morgan fingerprint density at radius 1 is 1.45 bits per heavy atom. The minimum atomic E-state index is -3.58. The summed E-state index contributed by atoms with van der Waals surface area (Å²) in [7, 11) is 1.39. The van der Waals surface area contributed by atoms with Gasteiger partial charge in [0, 0.05) is 18.9 Å². The van der Waals surface area contributed by atoms with Crippen LogP contribution in [0.4, 0.5) is 13.2 Å². The van der Waals surface area contributed by atoms with Gasteiger partial charge in [0.25, 0.3) is 5.91 Å². The summed E-state index contributed by atoms with van der Waals surface area (Å²) in [6.45, 7) is 0.452. The number of rotatable bonds is 4. The van der Waals surface area contributed by atoms with Gasteiger partial charge in [0.15, 0.2) is 0 Å². The maximum absolute atomic E-state index is 14.0. The first-order chi connectivity index (χ1) is 10.2. The van der Waals surface area contributed by atoms with Crippen molar-refractivity contribution in [3.8, 4) is 5.75 Å². The van der Waals surface area contributed by atoms with E-state index in [1.54, 1.807) is 0 Å². The largest absolute Gasteiger partial charge is 0.497 e. The van der Waals surface area contributed by atoms with Crippen molar-refractivity contribution in [1.29, 1.82) is 0 Å². The van der Waals surface area contributed by atoms with Crippen molar-refractivity contribution in [2.45, 2.75) is 31.4 Å². The summed E-state index contributed by atoms with van der Waals surface area (Å²) >= 11 is 0. The van der Waals surface area contributed by atoms with Crippen molar-refractivity contribution >= 4 is 11.8 Å². The van der Waals surface area contributed by atoms with Gasteiger partial charge in [-0.05, 0) is 18.2 Å². The summed E-state index contributed by atoms with van der Waals surface area (Å²) in [6.07, 6.45) is -0.205. The molecule has 22 heavy (non-hydrogen) atoms. The molecule has 2 N–H and O–H groups in total. The third-order valence-corrected chi connectivity index (χ3v) is 3.38. The lowest BCUT2D eigenvalue weighted by Crippen LogP contribution is -2.45. The Kier molecular flexibility index (Phi) is 4.30. The number of nitrogens with one attached hydrogen (secondary N) is 2. The molecule has 1 fully saturated rings. The highest BCUT2D eigenvalue weighted by Gasteiger charge is 2.40. The Morgan fingerprint density at radius 3 is 2.73 bits per heavy atom. The van der Waals surface area contributed by atoms with Crippen molar-refractivity contribution in [2.75, 3.05) is 7.11 Å². The van der Waals surface area contributed by atoms with E-state index in [9.17, 15) is 22.8 Å². The highest BCUT2D eigenvalue weighted by atomic mass is 19.3. The second-order valence-corrected chi connectivity index (χ2v) is 5.11. The number of halogens is 3. The predicted octanol–water partition coefficient (Wildman–Crippen LogP) is 1.54. The van der Waals surface area contributed by atoms with E-state index in [1.165, 1.54) is 19.2 Å². The second kappa shape index (κ2) is 5.86. The maximum atomic E-state index is 14.0. The Morgan fingerprint density at radius 2 is 2.14 bits per heavy atom. The molecule has 2 atom stereocenters. The molecule has 0 spiro atoms. The zero-order chi connectivity index (χ0) is 16.5. The van der Waals surface area contributed by atoms with Gasteiger partial charge in [-0.3, -0.25) is 9.59 Å². The number of alkyl halides is 2. The van der Waals surface area contributed by atoms with Crippen LogP contribution in [0.5, 0.6) is 5.75 Å². The third kappa shape index (κ3) is 3.32. The topological polar surface area (TPSA) is 67.4 Å². The summed E-state index contributed by atoms with van der Waals surface area (Å²) in [5.41, 5.74) is 0.0647. The van der Waals surface area contributed by atoms with Gasteiger partial charge >= 0.3 is 5.92 Å². The maximum Gasteiger partial charge on any atom is 0.321 e. The molecule has 0 aromatic heterocycles. The summed E-state index contributed by atoms with van der Waals surface area (Å²) < 4.78 is 44.9. The first-order valence-electron chi connectivity index (χ1n) is 6.54. The summed E-state index contributed by atoms with van der Waals surface area (Å²) in [6, 6.07) is 1.99. The van der Waals surface area contributed by atoms with E-state index in [4.69, 9.17) is 4.74 Å². The first-order valence-corrected chi connectivity index (χ1v) is 6.54. The van der Waals surface area contributed by atoms with E-state index in [1.807, 2.05) is 0 Å². The van der Waals surface area contributed by atoms with Gasteiger partial charge in [-0.1, -0.05) is 0 Å². The molecule has 0 radical (unpaired) electrons. The molecule has 0 saturated carbocycles. The molecule has 0 bridgehead atoms. The Labute approximate surface area is 124 Å². The van der Waals surface area contributed by atoms with E-state index in [-0.39, 0.29) is 12.0 Å². The van der Waals surface area contributed by atoms with Crippen LogP contribution in [0.25, 0.3) is 0 Å². The van der Waals surface area contributed by atoms with Crippen LogP contribution in [0.1, 0.15) is 24.9 Å². The molecule has 120 valence electrons. The molecule has 0 aliphatic carbocycles. The number of amides is 2. The lowest BCUT2D eigenvalue weighted by Gasteiger charge is -2.22. The standard InChI is InChI=1S/C14H15F3N2O3/c1-14(16,17)13(21)18-10-6-11(20)19-12(10)8-5-7(22-2)3-4-9(8)15/h3-5,10,12H,6H2,1-2H3,(H,18,21)(H,19,20)/t10?,12-/m1/s1. The van der Waals surface area contributed by atoms with Gasteiger partial charge in [0.05, 0.1) is 19.2 Å². The van der Waals surface area contributed by atoms with Crippen LogP contribution in [0, 0.1) is 5.82 Å². The highest BCUT2D eigenvalue weighted by molar-refractivity contribution is 5.86. The van der Waals surface area contributed by atoms with E-state index in [2.05, 4.69) is 10.6 Å². The van der Waals surface area contributed by atoms with E-state index >= 15 is 0 Å². The molecule has 8 heteroatoms. The fourth-order valence-corrected chi connectivity index (χ4v) is 2.26. The first kappa shape index (κ1) is 16.1. The smallest absolute Gasteiger partial charge is 0.321 e. The van der Waals surface area contributed by atoms with Gasteiger partial charge in [-0.25, -0.2) is 4.39 Å². The van der Waals surface area contributed by atoms with Crippen LogP contribution in [-0.4, -0.2) is 30.9 Å². The lowest BCUT2D eigenvalue weighted by molar-refractivity contribution is -0.143. The molecule has 1 unspecified atom stereocenters. The van der Waals surface area contributed by atoms with Gasteiger partial charge in [0.1, 0.15) is 11.6 Å². The quantitative estimate of drug-likeness (QED) is 0.885. The number of benzene rings is 1. The lowest BCUT2D eigenvalue weighted by atomic mass is 9.99. The van der Waals surface area contributed by atoms with Gasteiger partial charge in [-0.2, -0.15) is 8.78 Å². The molecule has 2 amide bonds. The fourth-order valence-electron chi connectivity index (χ4n) is 2.26. The average molecular weight is 316 g/mol. The number of carbonyl (C=O) groups excluding carboxylic acids is 2. The highest BCUT2D eigenvalue weighted by Crippen LogP contribution is 2.30. The van der Waals surface area contributed by atoms with Crippen molar-refractivity contribution in [3.63, 3.8) is 0 Å². The van der Waals surface area contributed by atoms with Crippen LogP contribution in [0.15, 0.2) is 18.2 Å². The summed E-state index contributed by atoms with van der Waals surface area (Å²) in [5.74, 6) is -5.83. The van der Waals surface area contributed by atoms with Crippen LogP contribution in [0.3, 0.4) is 0 Å². The van der Waals surface area contributed by atoms with E-state index in [0.29, 0.717) is 12.7 Å². The monoisotopic (exact) mass is 316 g/mol. The number of methoxy groups -OCH3 is 1. The molecular weight excluding hydrogens is 301 g/mol. The molecule has 5 nitrogen and oxygen atoms in total. The zero-order valence-electron chi connectivity index (χ0n) is 12.0. The summed E-state index contributed by atoms with van der Waals surface area (Å²) in [5, 5.41) is 4.56. The predicted molar refractivity (Wildman–Crippen MR) is 71.0 cm³/mol. The van der Waals surface area contributed by atoms with Crippen molar-refractivity contribution in [1.82, 2.24) is 10.6 Å². The van der Waals surface area contributed by atoms with Crippen molar-refractivity contribution in [3.05, 3.63) is 29.6 Å². The van der Waals surface area contributed by atoms with Crippen molar-refractivity contribution < 1.29 is 27.5 Å². The normalized spacial score (nSPS) is 21.4. The molecule has 1 aromatic rings. The SMILES string of the molecule is COc1ccc(F)c([C@H]2NC(=O)CC2NC(=O)C(C)(F)F)c1. The Hall–Kier alpha value is -2.25. The molecule has 1 aliphatic rings. The van der Waals surface area contributed by atoms with E-state index in [0.717, 1.165) is 6.07 Å². The van der Waals surface area contributed by atoms with Gasteiger partial charge < -0.3 is 15.4 Å². The summed E-state index contributed by atoms with van der Waals surface area (Å²) in [4.78, 5) is 22.9. The van der Waals surface area contributed by atoms with Gasteiger partial charge in [0.2, 0.25) is 5.91 Å². The van der Waals surface area contributed by atoms with Gasteiger partial charge in [-0.15, -0.1) is 0 Å². The molecular formula is C14H15F3N2O3. The molecule has 1 saturated heterocycles. The Bertz CT molecular complexity index is 601. The second-order valence-electron chi connectivity index (χ2n) is 5.11.